The van der Waals surface area contributed by atoms with Crippen LogP contribution >= 0.6 is 0 Å². The Bertz CT molecular complexity index is 519. The van der Waals surface area contributed by atoms with Gasteiger partial charge in [-0.3, -0.25) is 4.79 Å². The van der Waals surface area contributed by atoms with E-state index >= 15 is 0 Å². The number of rotatable bonds is 5. The van der Waals surface area contributed by atoms with Crippen molar-refractivity contribution in [3.8, 4) is 0 Å². The summed E-state index contributed by atoms with van der Waals surface area (Å²) in [4.78, 5) is 13.1. The van der Waals surface area contributed by atoms with Crippen LogP contribution in [0.3, 0.4) is 0 Å². The van der Waals surface area contributed by atoms with Crippen LogP contribution in [0.1, 0.15) is 25.5 Å². The molecule has 0 fully saturated rings. The Hall–Kier alpha value is -1.66. The number of aliphatic hydroxyl groups excluding tert-OH is 1. The van der Waals surface area contributed by atoms with Crippen LogP contribution in [-0.4, -0.2) is 37.3 Å². The second-order valence-corrected chi connectivity index (χ2v) is 5.12. The molecule has 0 aromatic heterocycles. The molecular weight excluding hydrogens is 263 g/mol. The average Bonchev–Trinajstić information content (AvgIpc) is 2.64. The Balaban J connectivity index is 2.13. The SMILES string of the molecule is CC(C)OCCN(C)c1cc2c(cc1F)C(O)C(=O)N2. The van der Waals surface area contributed by atoms with Gasteiger partial charge < -0.3 is 20.1 Å². The molecule has 1 aromatic rings. The van der Waals surface area contributed by atoms with Crippen LogP contribution in [-0.2, 0) is 9.53 Å². The Morgan fingerprint density at radius 3 is 2.85 bits per heavy atom. The van der Waals surface area contributed by atoms with Crippen molar-refractivity contribution in [1.29, 1.82) is 0 Å². The fraction of sp³-hybridized carbons (Fsp3) is 0.500. The van der Waals surface area contributed by atoms with E-state index in [0.29, 0.717) is 24.5 Å². The third-order valence-electron chi connectivity index (χ3n) is 3.21. The Labute approximate surface area is 117 Å². The molecule has 0 radical (unpaired) electrons. The van der Waals surface area contributed by atoms with Gasteiger partial charge in [-0.05, 0) is 26.0 Å². The molecule has 2 rings (SSSR count). The quantitative estimate of drug-likeness (QED) is 0.862. The number of fused-ring (bicyclic) bond motifs is 1. The minimum atomic E-state index is -1.29. The molecule has 0 saturated heterocycles. The van der Waals surface area contributed by atoms with Gasteiger partial charge in [-0.2, -0.15) is 0 Å². The van der Waals surface area contributed by atoms with E-state index in [1.807, 2.05) is 13.8 Å². The van der Waals surface area contributed by atoms with E-state index in [1.165, 1.54) is 12.1 Å². The number of carbonyl (C=O) groups is 1. The van der Waals surface area contributed by atoms with E-state index in [9.17, 15) is 14.3 Å². The van der Waals surface area contributed by atoms with Crippen molar-refractivity contribution in [3.63, 3.8) is 0 Å². The van der Waals surface area contributed by atoms with E-state index in [1.54, 1.807) is 11.9 Å². The third-order valence-corrected chi connectivity index (χ3v) is 3.21. The number of anilines is 2. The molecule has 0 bridgehead atoms. The van der Waals surface area contributed by atoms with Crippen molar-refractivity contribution >= 4 is 17.3 Å². The number of hydrogen-bond donors (Lipinski definition) is 2. The molecule has 1 unspecified atom stereocenters. The fourth-order valence-electron chi connectivity index (χ4n) is 2.09. The predicted octanol–water partition coefficient (Wildman–Crippen LogP) is 1.67. The van der Waals surface area contributed by atoms with Crippen LogP contribution in [0.5, 0.6) is 0 Å². The molecule has 1 aromatic carbocycles. The van der Waals surface area contributed by atoms with Crippen molar-refractivity contribution in [2.45, 2.75) is 26.1 Å². The predicted molar refractivity (Wildman–Crippen MR) is 74.3 cm³/mol. The van der Waals surface area contributed by atoms with Gasteiger partial charge in [0.1, 0.15) is 5.82 Å². The molecule has 2 N–H and O–H groups in total. The first-order valence-electron chi connectivity index (χ1n) is 6.55. The first-order chi connectivity index (χ1) is 9.40. The summed E-state index contributed by atoms with van der Waals surface area (Å²) in [6, 6.07) is 2.74. The number of benzene rings is 1. The molecule has 20 heavy (non-hydrogen) atoms. The van der Waals surface area contributed by atoms with Crippen LogP contribution in [0.15, 0.2) is 12.1 Å². The lowest BCUT2D eigenvalue weighted by atomic mass is 10.1. The van der Waals surface area contributed by atoms with E-state index in [2.05, 4.69) is 5.32 Å². The normalized spacial score (nSPS) is 17.3. The minimum absolute atomic E-state index is 0.128. The van der Waals surface area contributed by atoms with Crippen LogP contribution in [0, 0.1) is 5.82 Å². The van der Waals surface area contributed by atoms with Crippen LogP contribution in [0.2, 0.25) is 0 Å². The zero-order valence-electron chi connectivity index (χ0n) is 11.8. The van der Waals surface area contributed by atoms with Crippen LogP contribution in [0.4, 0.5) is 15.8 Å². The number of ether oxygens (including phenoxy) is 1. The standard InChI is InChI=1S/C14H19FN2O3/c1-8(2)20-5-4-17(3)12-7-11-9(6-10(12)15)13(18)14(19)16-11/h6-8,13,18H,4-5H2,1-3H3,(H,16,19). The highest BCUT2D eigenvalue weighted by molar-refractivity contribution is 6.02. The molecule has 1 aliphatic rings. The number of carbonyl (C=O) groups excluding carboxylic acids is 1. The number of hydrogen-bond acceptors (Lipinski definition) is 4. The van der Waals surface area contributed by atoms with Gasteiger partial charge in [-0.25, -0.2) is 4.39 Å². The molecule has 5 nitrogen and oxygen atoms in total. The summed E-state index contributed by atoms with van der Waals surface area (Å²) in [5, 5.41) is 12.1. The zero-order chi connectivity index (χ0) is 14.9. The van der Waals surface area contributed by atoms with E-state index in [4.69, 9.17) is 4.74 Å². The smallest absolute Gasteiger partial charge is 0.257 e. The summed E-state index contributed by atoms with van der Waals surface area (Å²) in [6.07, 6.45) is -1.16. The summed E-state index contributed by atoms with van der Waals surface area (Å²) in [5.74, 6) is -0.992. The number of aliphatic hydroxyl groups is 1. The molecule has 1 atom stereocenters. The molecule has 6 heteroatoms. The van der Waals surface area contributed by atoms with Crippen molar-refractivity contribution in [2.75, 3.05) is 30.4 Å². The zero-order valence-corrected chi connectivity index (χ0v) is 11.8. The van der Waals surface area contributed by atoms with Crippen LogP contribution < -0.4 is 10.2 Å². The lowest BCUT2D eigenvalue weighted by Gasteiger charge is -2.21. The van der Waals surface area contributed by atoms with Gasteiger partial charge in [-0.15, -0.1) is 0 Å². The van der Waals surface area contributed by atoms with Gasteiger partial charge in [0.15, 0.2) is 6.10 Å². The van der Waals surface area contributed by atoms with Gasteiger partial charge in [0.2, 0.25) is 0 Å². The summed E-state index contributed by atoms with van der Waals surface area (Å²) < 4.78 is 19.5. The number of likely N-dealkylation sites (N-methyl/N-ethyl adjacent to an activating group) is 1. The second-order valence-electron chi connectivity index (χ2n) is 5.12. The summed E-state index contributed by atoms with van der Waals surface area (Å²) in [5.41, 5.74) is 1.10. The Kier molecular flexibility index (Phi) is 4.25. The first kappa shape index (κ1) is 14.7. The molecule has 0 saturated carbocycles. The second kappa shape index (κ2) is 5.76. The van der Waals surface area contributed by atoms with Gasteiger partial charge in [0.25, 0.3) is 5.91 Å². The van der Waals surface area contributed by atoms with Gasteiger partial charge in [0.05, 0.1) is 18.4 Å². The highest BCUT2D eigenvalue weighted by Crippen LogP contribution is 2.35. The van der Waals surface area contributed by atoms with Crippen molar-refractivity contribution in [3.05, 3.63) is 23.5 Å². The Morgan fingerprint density at radius 1 is 1.50 bits per heavy atom. The highest BCUT2D eigenvalue weighted by atomic mass is 19.1. The molecule has 0 aliphatic carbocycles. The van der Waals surface area contributed by atoms with Crippen molar-refractivity contribution in [2.24, 2.45) is 0 Å². The number of amides is 1. The minimum Gasteiger partial charge on any atom is -0.378 e. The lowest BCUT2D eigenvalue weighted by molar-refractivity contribution is -0.123. The molecule has 1 amide bonds. The van der Waals surface area contributed by atoms with E-state index < -0.39 is 17.8 Å². The van der Waals surface area contributed by atoms with E-state index in [0.717, 1.165) is 0 Å². The largest absolute Gasteiger partial charge is 0.378 e. The molecule has 1 aliphatic heterocycles. The summed E-state index contributed by atoms with van der Waals surface area (Å²) in [7, 11) is 1.75. The Morgan fingerprint density at radius 2 is 2.20 bits per heavy atom. The van der Waals surface area contributed by atoms with Crippen molar-refractivity contribution < 1.29 is 19.0 Å². The van der Waals surface area contributed by atoms with Gasteiger partial charge >= 0.3 is 0 Å². The topological polar surface area (TPSA) is 61.8 Å². The summed E-state index contributed by atoms with van der Waals surface area (Å²) >= 11 is 0. The van der Waals surface area contributed by atoms with Crippen molar-refractivity contribution in [1.82, 2.24) is 0 Å². The number of halogens is 1. The molecule has 110 valence electrons. The van der Waals surface area contributed by atoms with Crippen LogP contribution in [0.25, 0.3) is 0 Å². The fourth-order valence-corrected chi connectivity index (χ4v) is 2.09. The molecule has 1 heterocycles. The number of nitrogens with one attached hydrogen (secondary N) is 1. The van der Waals surface area contributed by atoms with Gasteiger partial charge in [-0.1, -0.05) is 0 Å². The van der Waals surface area contributed by atoms with Gasteiger partial charge in [0, 0.05) is 24.8 Å². The molecular formula is C14H19FN2O3. The maximum Gasteiger partial charge on any atom is 0.257 e. The lowest BCUT2D eigenvalue weighted by Crippen LogP contribution is -2.24. The maximum absolute atomic E-state index is 14.0. The third kappa shape index (κ3) is 2.91. The summed E-state index contributed by atoms with van der Waals surface area (Å²) in [6.45, 7) is 4.89. The maximum atomic E-state index is 14.0. The monoisotopic (exact) mass is 282 g/mol. The average molecular weight is 282 g/mol. The first-order valence-corrected chi connectivity index (χ1v) is 6.55. The molecule has 0 spiro atoms. The highest BCUT2D eigenvalue weighted by Gasteiger charge is 2.30. The van der Waals surface area contributed by atoms with E-state index in [-0.39, 0.29) is 11.7 Å². The number of nitrogens with zero attached hydrogens (tertiary/aromatic N) is 1.